The summed E-state index contributed by atoms with van der Waals surface area (Å²) in [5.74, 6) is 0. The molecule has 2 aromatic rings. The Hall–Kier alpha value is -1.77. The van der Waals surface area contributed by atoms with Crippen LogP contribution in [0.4, 0.5) is 5.69 Å². The molecule has 0 atom stereocenters. The SMILES string of the molecule is CN(CC=O)c1ccc2cccn2c1. The molecule has 14 heavy (non-hydrogen) atoms. The van der Waals surface area contributed by atoms with Gasteiger partial charge in [0.05, 0.1) is 12.2 Å². The average molecular weight is 188 g/mol. The standard InChI is InChI=1S/C11H12N2O/c1-12(7-8-14)11-5-4-10-3-2-6-13(10)9-11/h2-6,8-9H,7H2,1H3. The number of carbonyl (C=O) groups is 1. The first-order valence-electron chi connectivity index (χ1n) is 4.53. The predicted octanol–water partition coefficient (Wildman–Crippen LogP) is 1.57. The Balaban J connectivity index is 2.38. The van der Waals surface area contributed by atoms with Gasteiger partial charge in [0.1, 0.15) is 6.29 Å². The monoisotopic (exact) mass is 188 g/mol. The van der Waals surface area contributed by atoms with Gasteiger partial charge in [-0.25, -0.2) is 0 Å². The summed E-state index contributed by atoms with van der Waals surface area (Å²) in [5.41, 5.74) is 2.20. The summed E-state index contributed by atoms with van der Waals surface area (Å²) in [7, 11) is 1.90. The van der Waals surface area contributed by atoms with E-state index in [1.807, 2.05) is 53.0 Å². The predicted molar refractivity (Wildman–Crippen MR) is 56.7 cm³/mol. The molecule has 0 bridgehead atoms. The molecule has 2 rings (SSSR count). The lowest BCUT2D eigenvalue weighted by Gasteiger charge is -2.15. The second kappa shape index (κ2) is 3.54. The molecule has 0 radical (unpaired) electrons. The van der Waals surface area contributed by atoms with E-state index >= 15 is 0 Å². The Labute approximate surface area is 82.6 Å². The zero-order chi connectivity index (χ0) is 9.97. The second-order valence-electron chi connectivity index (χ2n) is 3.27. The van der Waals surface area contributed by atoms with E-state index < -0.39 is 0 Å². The van der Waals surface area contributed by atoms with Crippen molar-refractivity contribution in [3.63, 3.8) is 0 Å². The molecule has 0 aliphatic rings. The van der Waals surface area contributed by atoms with Crippen LogP contribution in [0, 0.1) is 0 Å². The Kier molecular flexibility index (Phi) is 2.23. The van der Waals surface area contributed by atoms with E-state index in [0.717, 1.165) is 17.5 Å². The van der Waals surface area contributed by atoms with E-state index in [-0.39, 0.29) is 0 Å². The molecule has 0 spiro atoms. The molecular formula is C11H12N2O. The molecule has 0 aliphatic heterocycles. The largest absolute Gasteiger partial charge is 0.366 e. The number of anilines is 1. The molecular weight excluding hydrogens is 176 g/mol. The van der Waals surface area contributed by atoms with Gasteiger partial charge in [-0.15, -0.1) is 0 Å². The van der Waals surface area contributed by atoms with Crippen LogP contribution >= 0.6 is 0 Å². The normalized spacial score (nSPS) is 10.4. The molecule has 0 fully saturated rings. The molecule has 0 amide bonds. The lowest BCUT2D eigenvalue weighted by Crippen LogP contribution is -2.19. The summed E-state index contributed by atoms with van der Waals surface area (Å²) in [4.78, 5) is 12.3. The van der Waals surface area contributed by atoms with Crippen LogP contribution in [0.15, 0.2) is 36.7 Å². The Bertz CT molecular complexity index is 447. The minimum absolute atomic E-state index is 0.423. The molecule has 0 saturated heterocycles. The molecule has 0 aromatic carbocycles. The highest BCUT2D eigenvalue weighted by Crippen LogP contribution is 2.14. The lowest BCUT2D eigenvalue weighted by atomic mass is 10.3. The molecule has 2 aromatic heterocycles. The van der Waals surface area contributed by atoms with Crippen molar-refractivity contribution >= 4 is 17.5 Å². The first-order chi connectivity index (χ1) is 6.81. The number of likely N-dealkylation sites (N-methyl/N-ethyl adjacent to an activating group) is 1. The fourth-order valence-electron chi connectivity index (χ4n) is 1.46. The van der Waals surface area contributed by atoms with Crippen LogP contribution in [0.3, 0.4) is 0 Å². The highest BCUT2D eigenvalue weighted by Gasteiger charge is 2.00. The topological polar surface area (TPSA) is 24.7 Å². The quantitative estimate of drug-likeness (QED) is 0.683. The van der Waals surface area contributed by atoms with E-state index in [1.165, 1.54) is 0 Å². The molecule has 2 heterocycles. The lowest BCUT2D eigenvalue weighted by molar-refractivity contribution is -0.106. The molecule has 0 saturated carbocycles. The average Bonchev–Trinajstić information content (AvgIpc) is 2.64. The highest BCUT2D eigenvalue weighted by atomic mass is 16.1. The maximum absolute atomic E-state index is 10.4. The summed E-state index contributed by atoms with van der Waals surface area (Å²) >= 11 is 0. The Morgan fingerprint density at radius 2 is 2.29 bits per heavy atom. The van der Waals surface area contributed by atoms with E-state index in [1.54, 1.807) is 0 Å². The van der Waals surface area contributed by atoms with Gasteiger partial charge in [-0.1, -0.05) is 0 Å². The summed E-state index contributed by atoms with van der Waals surface area (Å²) in [6, 6.07) is 8.10. The van der Waals surface area contributed by atoms with Crippen LogP contribution < -0.4 is 4.90 Å². The molecule has 0 N–H and O–H groups in total. The van der Waals surface area contributed by atoms with Crippen molar-refractivity contribution in [1.29, 1.82) is 0 Å². The second-order valence-corrected chi connectivity index (χ2v) is 3.27. The summed E-state index contributed by atoms with van der Waals surface area (Å²) in [6.07, 6.45) is 4.91. The van der Waals surface area contributed by atoms with E-state index in [4.69, 9.17) is 0 Å². The number of aldehydes is 1. The number of hydrogen-bond donors (Lipinski definition) is 0. The van der Waals surface area contributed by atoms with Gasteiger partial charge in [0, 0.05) is 25.0 Å². The van der Waals surface area contributed by atoms with Gasteiger partial charge in [0.25, 0.3) is 0 Å². The van der Waals surface area contributed by atoms with Crippen LogP contribution in [-0.2, 0) is 4.79 Å². The van der Waals surface area contributed by atoms with Crippen molar-refractivity contribution in [2.24, 2.45) is 0 Å². The number of nitrogens with zero attached hydrogens (tertiary/aromatic N) is 2. The number of pyridine rings is 1. The number of rotatable bonds is 3. The molecule has 0 unspecified atom stereocenters. The first kappa shape index (κ1) is 8.81. The number of carbonyl (C=O) groups excluding carboxylic acids is 1. The van der Waals surface area contributed by atoms with Gasteiger partial charge >= 0.3 is 0 Å². The van der Waals surface area contributed by atoms with Crippen LogP contribution in [0.25, 0.3) is 5.52 Å². The summed E-state index contributed by atoms with van der Waals surface area (Å²) < 4.78 is 2.04. The summed E-state index contributed by atoms with van der Waals surface area (Å²) in [6.45, 7) is 0.423. The Morgan fingerprint density at radius 3 is 3.07 bits per heavy atom. The third kappa shape index (κ3) is 1.48. The minimum atomic E-state index is 0.423. The number of hydrogen-bond acceptors (Lipinski definition) is 2. The first-order valence-corrected chi connectivity index (χ1v) is 4.53. The van der Waals surface area contributed by atoms with Crippen LogP contribution in [-0.4, -0.2) is 24.3 Å². The van der Waals surface area contributed by atoms with Crippen molar-refractivity contribution in [2.45, 2.75) is 0 Å². The van der Waals surface area contributed by atoms with Gasteiger partial charge in [-0.3, -0.25) is 0 Å². The number of aromatic nitrogens is 1. The van der Waals surface area contributed by atoms with Crippen molar-refractivity contribution < 1.29 is 4.79 Å². The fraction of sp³-hybridized carbons (Fsp3) is 0.182. The zero-order valence-corrected chi connectivity index (χ0v) is 8.05. The molecule has 72 valence electrons. The van der Waals surface area contributed by atoms with Gasteiger partial charge in [0.2, 0.25) is 0 Å². The van der Waals surface area contributed by atoms with E-state index in [0.29, 0.717) is 6.54 Å². The Morgan fingerprint density at radius 1 is 1.43 bits per heavy atom. The van der Waals surface area contributed by atoms with Crippen molar-refractivity contribution in [3.05, 3.63) is 36.7 Å². The molecule has 0 aliphatic carbocycles. The zero-order valence-electron chi connectivity index (χ0n) is 8.05. The fourth-order valence-corrected chi connectivity index (χ4v) is 1.46. The van der Waals surface area contributed by atoms with Gasteiger partial charge in [-0.2, -0.15) is 0 Å². The van der Waals surface area contributed by atoms with Crippen LogP contribution in [0.5, 0.6) is 0 Å². The van der Waals surface area contributed by atoms with Crippen molar-refractivity contribution in [1.82, 2.24) is 4.40 Å². The van der Waals surface area contributed by atoms with Gasteiger partial charge in [-0.05, 0) is 24.3 Å². The minimum Gasteiger partial charge on any atom is -0.366 e. The molecule has 3 nitrogen and oxygen atoms in total. The maximum Gasteiger partial charge on any atom is 0.139 e. The third-order valence-corrected chi connectivity index (χ3v) is 2.30. The van der Waals surface area contributed by atoms with Crippen LogP contribution in [0.1, 0.15) is 0 Å². The summed E-state index contributed by atoms with van der Waals surface area (Å²) in [5, 5.41) is 0. The highest BCUT2D eigenvalue weighted by molar-refractivity contribution is 5.62. The van der Waals surface area contributed by atoms with Crippen molar-refractivity contribution in [3.8, 4) is 0 Å². The van der Waals surface area contributed by atoms with E-state index in [2.05, 4.69) is 0 Å². The van der Waals surface area contributed by atoms with E-state index in [9.17, 15) is 4.79 Å². The van der Waals surface area contributed by atoms with Gasteiger partial charge in [0.15, 0.2) is 0 Å². The van der Waals surface area contributed by atoms with Crippen molar-refractivity contribution in [2.75, 3.05) is 18.5 Å². The molecule has 3 heteroatoms. The maximum atomic E-state index is 10.4. The van der Waals surface area contributed by atoms with Crippen LogP contribution in [0.2, 0.25) is 0 Å². The smallest absolute Gasteiger partial charge is 0.139 e. The van der Waals surface area contributed by atoms with Gasteiger partial charge < -0.3 is 14.1 Å². The number of fused-ring (bicyclic) bond motifs is 1. The third-order valence-electron chi connectivity index (χ3n) is 2.30.